The average Bonchev–Trinajstić information content (AvgIpc) is 3.30. The molecule has 0 atom stereocenters. The lowest BCUT2D eigenvalue weighted by Gasteiger charge is -2.31. The van der Waals surface area contributed by atoms with Crippen LogP contribution in [0.5, 0.6) is 0 Å². The third-order valence-electron chi connectivity index (χ3n) is 4.99. The van der Waals surface area contributed by atoms with Gasteiger partial charge in [-0.1, -0.05) is 24.3 Å². The number of likely N-dealkylation sites (tertiary alicyclic amines) is 1. The molecule has 0 bridgehead atoms. The summed E-state index contributed by atoms with van der Waals surface area (Å²) in [5, 5.41) is 6.32. The van der Waals surface area contributed by atoms with Crippen molar-refractivity contribution in [2.45, 2.75) is 19.4 Å². The minimum atomic E-state index is -0.00258. The van der Waals surface area contributed by atoms with Gasteiger partial charge in [0.2, 0.25) is 0 Å². The fourth-order valence-electron chi connectivity index (χ4n) is 3.50. The minimum Gasteiger partial charge on any atom is -0.351 e. The van der Waals surface area contributed by atoms with Crippen molar-refractivity contribution < 1.29 is 4.79 Å². The lowest BCUT2D eigenvalue weighted by atomic mass is 9.96. The van der Waals surface area contributed by atoms with Crippen LogP contribution >= 0.6 is 11.3 Å². The van der Waals surface area contributed by atoms with Gasteiger partial charge in [0.1, 0.15) is 5.69 Å². The Morgan fingerprint density at radius 1 is 1.20 bits per heavy atom. The van der Waals surface area contributed by atoms with Crippen LogP contribution in [0.1, 0.15) is 28.2 Å². The van der Waals surface area contributed by atoms with Crippen LogP contribution in [0.25, 0.3) is 10.9 Å². The predicted octanol–water partition coefficient (Wildman–Crippen LogP) is 3.87. The van der Waals surface area contributed by atoms with Crippen molar-refractivity contribution in [2.24, 2.45) is 5.92 Å². The molecule has 0 aliphatic carbocycles. The maximum atomic E-state index is 12.4. The Bertz CT molecular complexity index is 799. The van der Waals surface area contributed by atoms with Crippen LogP contribution in [-0.2, 0) is 6.54 Å². The number of hydrogen-bond acceptors (Lipinski definition) is 3. The van der Waals surface area contributed by atoms with Crippen molar-refractivity contribution in [2.75, 3.05) is 19.6 Å². The molecule has 0 radical (unpaired) electrons. The summed E-state index contributed by atoms with van der Waals surface area (Å²) in [6, 6.07) is 14.2. The van der Waals surface area contributed by atoms with E-state index in [9.17, 15) is 4.79 Å². The molecule has 1 aliphatic heterocycles. The highest BCUT2D eigenvalue weighted by Gasteiger charge is 2.20. The highest BCUT2D eigenvalue weighted by molar-refractivity contribution is 7.09. The molecule has 1 fully saturated rings. The highest BCUT2D eigenvalue weighted by Crippen LogP contribution is 2.20. The van der Waals surface area contributed by atoms with E-state index in [-0.39, 0.29) is 5.91 Å². The third kappa shape index (κ3) is 3.94. The van der Waals surface area contributed by atoms with Gasteiger partial charge in [-0.2, -0.15) is 0 Å². The standard InChI is InChI=1S/C20H23N3OS/c24-20(19-12-16-4-1-2-6-18(16)22-19)21-13-15-7-9-23(10-8-15)14-17-5-3-11-25-17/h1-6,11-12,15,22H,7-10,13-14H2,(H,21,24). The molecule has 3 aromatic rings. The van der Waals surface area contributed by atoms with Gasteiger partial charge < -0.3 is 10.3 Å². The van der Waals surface area contributed by atoms with Crippen LogP contribution in [0.3, 0.4) is 0 Å². The van der Waals surface area contributed by atoms with Crippen molar-refractivity contribution >= 4 is 28.1 Å². The van der Waals surface area contributed by atoms with Crippen LogP contribution in [0, 0.1) is 5.92 Å². The highest BCUT2D eigenvalue weighted by atomic mass is 32.1. The Kier molecular flexibility index (Phi) is 4.85. The monoisotopic (exact) mass is 353 g/mol. The topological polar surface area (TPSA) is 48.1 Å². The first-order chi connectivity index (χ1) is 12.3. The average molecular weight is 353 g/mol. The number of hydrogen-bond donors (Lipinski definition) is 2. The Labute approximate surface area is 151 Å². The molecule has 1 saturated heterocycles. The first kappa shape index (κ1) is 16.4. The zero-order valence-electron chi connectivity index (χ0n) is 14.2. The summed E-state index contributed by atoms with van der Waals surface area (Å²) in [7, 11) is 0. The van der Waals surface area contributed by atoms with E-state index < -0.39 is 0 Å². The number of H-pyrrole nitrogens is 1. The SMILES string of the molecule is O=C(NCC1CCN(Cc2cccs2)CC1)c1cc2ccccc2[nH]1. The molecule has 4 nitrogen and oxygen atoms in total. The van der Waals surface area contributed by atoms with E-state index in [1.165, 1.54) is 4.88 Å². The molecule has 5 heteroatoms. The Morgan fingerprint density at radius 3 is 2.80 bits per heavy atom. The largest absolute Gasteiger partial charge is 0.351 e. The zero-order chi connectivity index (χ0) is 17.1. The molecule has 2 aromatic heterocycles. The number of para-hydroxylation sites is 1. The Morgan fingerprint density at radius 2 is 2.04 bits per heavy atom. The number of thiophene rings is 1. The van der Waals surface area contributed by atoms with Gasteiger partial charge in [-0.25, -0.2) is 0 Å². The predicted molar refractivity (Wildman–Crippen MR) is 103 cm³/mol. The normalized spacial score (nSPS) is 16.3. The fourth-order valence-corrected chi connectivity index (χ4v) is 4.25. The van der Waals surface area contributed by atoms with E-state index in [2.05, 4.69) is 32.7 Å². The molecule has 1 amide bonds. The zero-order valence-corrected chi connectivity index (χ0v) is 15.0. The molecule has 2 N–H and O–H groups in total. The van der Waals surface area contributed by atoms with Crippen molar-refractivity contribution in [1.82, 2.24) is 15.2 Å². The Balaban J connectivity index is 1.25. The molecule has 130 valence electrons. The molecule has 1 aliphatic rings. The van der Waals surface area contributed by atoms with Gasteiger partial charge in [0.15, 0.2) is 0 Å². The summed E-state index contributed by atoms with van der Waals surface area (Å²) in [6.45, 7) is 4.06. The summed E-state index contributed by atoms with van der Waals surface area (Å²) < 4.78 is 0. The number of carbonyl (C=O) groups is 1. The molecular weight excluding hydrogens is 330 g/mol. The molecule has 25 heavy (non-hydrogen) atoms. The summed E-state index contributed by atoms with van der Waals surface area (Å²) in [4.78, 5) is 19.5. The Hall–Kier alpha value is -2.11. The van der Waals surface area contributed by atoms with E-state index >= 15 is 0 Å². The van der Waals surface area contributed by atoms with Crippen LogP contribution in [0.2, 0.25) is 0 Å². The number of fused-ring (bicyclic) bond motifs is 1. The lowest BCUT2D eigenvalue weighted by Crippen LogP contribution is -2.38. The maximum Gasteiger partial charge on any atom is 0.267 e. The molecule has 0 unspecified atom stereocenters. The van der Waals surface area contributed by atoms with Crippen molar-refractivity contribution in [3.05, 3.63) is 58.4 Å². The van der Waals surface area contributed by atoms with Crippen LogP contribution < -0.4 is 5.32 Å². The van der Waals surface area contributed by atoms with Gasteiger partial charge in [0.05, 0.1) is 0 Å². The van der Waals surface area contributed by atoms with E-state index in [0.717, 1.165) is 49.9 Å². The van der Waals surface area contributed by atoms with E-state index in [1.54, 1.807) is 0 Å². The number of benzene rings is 1. The summed E-state index contributed by atoms with van der Waals surface area (Å²) >= 11 is 1.83. The number of aromatic nitrogens is 1. The van der Waals surface area contributed by atoms with Gasteiger partial charge in [-0.05, 0) is 55.4 Å². The number of amides is 1. The van der Waals surface area contributed by atoms with Gasteiger partial charge in [0, 0.05) is 28.9 Å². The van der Waals surface area contributed by atoms with E-state index in [4.69, 9.17) is 0 Å². The van der Waals surface area contributed by atoms with Crippen LogP contribution in [0.4, 0.5) is 0 Å². The van der Waals surface area contributed by atoms with Crippen LogP contribution in [0.15, 0.2) is 47.8 Å². The van der Waals surface area contributed by atoms with Gasteiger partial charge >= 0.3 is 0 Å². The van der Waals surface area contributed by atoms with Gasteiger partial charge in [-0.3, -0.25) is 9.69 Å². The molecular formula is C20H23N3OS. The minimum absolute atomic E-state index is 0.00258. The number of nitrogens with zero attached hydrogens (tertiary/aromatic N) is 1. The molecule has 4 rings (SSSR count). The van der Waals surface area contributed by atoms with E-state index in [1.807, 2.05) is 41.7 Å². The van der Waals surface area contributed by atoms with Gasteiger partial charge in [-0.15, -0.1) is 11.3 Å². The second-order valence-electron chi connectivity index (χ2n) is 6.78. The molecule has 0 spiro atoms. The number of piperidine rings is 1. The van der Waals surface area contributed by atoms with Crippen molar-refractivity contribution in [3.8, 4) is 0 Å². The number of rotatable bonds is 5. The second-order valence-corrected chi connectivity index (χ2v) is 7.81. The molecule has 3 heterocycles. The first-order valence-corrected chi connectivity index (χ1v) is 9.76. The third-order valence-corrected chi connectivity index (χ3v) is 5.85. The number of aromatic amines is 1. The molecule has 0 saturated carbocycles. The smallest absolute Gasteiger partial charge is 0.267 e. The van der Waals surface area contributed by atoms with E-state index in [0.29, 0.717) is 11.6 Å². The van der Waals surface area contributed by atoms with Crippen LogP contribution in [-0.4, -0.2) is 35.4 Å². The lowest BCUT2D eigenvalue weighted by molar-refractivity contribution is 0.0931. The number of nitrogens with one attached hydrogen (secondary N) is 2. The first-order valence-electron chi connectivity index (χ1n) is 8.88. The summed E-state index contributed by atoms with van der Waals surface area (Å²) in [6.07, 6.45) is 2.30. The second kappa shape index (κ2) is 7.42. The summed E-state index contributed by atoms with van der Waals surface area (Å²) in [5.74, 6) is 0.574. The molecule has 1 aromatic carbocycles. The number of carbonyl (C=O) groups excluding carboxylic acids is 1. The fraction of sp³-hybridized carbons (Fsp3) is 0.350. The quantitative estimate of drug-likeness (QED) is 0.731. The van der Waals surface area contributed by atoms with Gasteiger partial charge in [0.25, 0.3) is 5.91 Å². The van der Waals surface area contributed by atoms with Crippen molar-refractivity contribution in [1.29, 1.82) is 0 Å². The summed E-state index contributed by atoms with van der Waals surface area (Å²) in [5.41, 5.74) is 1.66. The maximum absolute atomic E-state index is 12.4. The van der Waals surface area contributed by atoms with Crippen molar-refractivity contribution in [3.63, 3.8) is 0 Å².